The molecule has 0 amide bonds. The number of pyridine rings is 2. The smallest absolute Gasteiger partial charge is 0.152 e. The number of ether oxygens (including phenoxy) is 1. The second-order valence-electron chi connectivity index (χ2n) is 5.83. The summed E-state index contributed by atoms with van der Waals surface area (Å²) < 4.78 is 69.0. The van der Waals surface area contributed by atoms with E-state index in [4.69, 9.17) is 11.0 Å². The Balaban J connectivity index is 1.58. The molecule has 7 nitrogen and oxygen atoms in total. The molecule has 0 spiro atoms. The van der Waals surface area contributed by atoms with Gasteiger partial charge in [0.25, 0.3) is 0 Å². The zero-order valence-corrected chi connectivity index (χ0v) is 13.9. The summed E-state index contributed by atoms with van der Waals surface area (Å²) in [6.07, 6.45) is 6.35. The van der Waals surface area contributed by atoms with Crippen LogP contribution in [0.15, 0.2) is 36.9 Å². The Morgan fingerprint density at radius 3 is 2.77 bits per heavy atom. The Morgan fingerprint density at radius 1 is 1.19 bits per heavy atom. The average Bonchev–Trinajstić information content (AvgIpc) is 3.16. The van der Waals surface area contributed by atoms with E-state index in [9.17, 15) is 4.79 Å². The van der Waals surface area contributed by atoms with Crippen LogP contribution in [0.3, 0.4) is 0 Å². The molecule has 0 bridgehead atoms. The predicted octanol–water partition coefficient (Wildman–Crippen LogP) is 1.47. The van der Waals surface area contributed by atoms with E-state index in [0.29, 0.717) is 11.4 Å². The fourth-order valence-corrected chi connectivity index (χ4v) is 2.61. The van der Waals surface area contributed by atoms with Crippen molar-refractivity contribution in [2.45, 2.75) is 6.42 Å². The van der Waals surface area contributed by atoms with E-state index in [1.807, 2.05) is 6.07 Å². The van der Waals surface area contributed by atoms with Crippen LogP contribution in [0.25, 0.3) is 22.0 Å². The number of ketones is 1. The third kappa shape index (κ3) is 3.79. The molecule has 3 aromatic heterocycles. The molecule has 1 saturated heterocycles. The molecule has 1 aliphatic rings. The molecule has 3 aromatic rings. The molecule has 1 aliphatic heterocycles. The molecule has 7 heteroatoms. The van der Waals surface area contributed by atoms with Gasteiger partial charge in [0.05, 0.1) is 43.5 Å². The number of nitrogens with zero attached hydrogens (tertiary/aromatic N) is 5. The van der Waals surface area contributed by atoms with E-state index >= 15 is 0 Å². The van der Waals surface area contributed by atoms with Crippen LogP contribution in [0.2, 0.25) is 0 Å². The predicted molar refractivity (Wildman–Crippen MR) is 97.7 cm³/mol. The Bertz CT molecular complexity index is 1240. The number of morpholine rings is 1. The zero-order chi connectivity index (χ0) is 25.1. The number of fused-ring (bicyclic) bond motifs is 1. The van der Waals surface area contributed by atoms with Crippen LogP contribution in [0.1, 0.15) is 16.7 Å². The fourth-order valence-electron chi connectivity index (χ4n) is 2.61. The van der Waals surface area contributed by atoms with Gasteiger partial charge in [0.15, 0.2) is 5.78 Å². The number of rotatable bonds is 5. The fraction of sp³-hybridized carbons (Fsp3) is 0.368. The summed E-state index contributed by atoms with van der Waals surface area (Å²) in [6.45, 7) is -13.5. The van der Waals surface area contributed by atoms with Crippen LogP contribution in [0.4, 0.5) is 0 Å². The molecule has 0 unspecified atom stereocenters. The molecular formula is C19H21N5O2. The highest BCUT2D eigenvalue weighted by atomic mass is 16.5. The van der Waals surface area contributed by atoms with Gasteiger partial charge in [-0.05, 0) is 17.5 Å². The first-order valence-electron chi connectivity index (χ1n) is 11.9. The van der Waals surface area contributed by atoms with Gasteiger partial charge in [0.1, 0.15) is 0 Å². The largest absolute Gasteiger partial charge is 0.379 e. The third-order valence-corrected chi connectivity index (χ3v) is 3.84. The standard InChI is InChI=1S/C19H21N5O2/c1-23-12-16(11-22-23)19-7-14-6-17(20-9-15(14)10-21-19)8-18(25)13-24-2-4-26-5-3-24/h6-7,9-12H,2-5,8,13H2,1H3/i2D2,3D2,4D2,5D2. The van der Waals surface area contributed by atoms with Crippen LogP contribution in [0, 0.1) is 0 Å². The monoisotopic (exact) mass is 359 g/mol. The van der Waals surface area contributed by atoms with Gasteiger partial charge in [0, 0.05) is 60.8 Å². The van der Waals surface area contributed by atoms with E-state index in [1.54, 1.807) is 36.4 Å². The number of carbonyl (C=O) groups excluding carboxylic acids is 1. The molecular weight excluding hydrogens is 330 g/mol. The molecule has 1 fully saturated rings. The van der Waals surface area contributed by atoms with E-state index in [2.05, 4.69) is 19.8 Å². The molecule has 26 heavy (non-hydrogen) atoms. The van der Waals surface area contributed by atoms with Gasteiger partial charge < -0.3 is 4.74 Å². The van der Waals surface area contributed by atoms with Crippen molar-refractivity contribution in [3.05, 3.63) is 42.6 Å². The topological polar surface area (TPSA) is 73.1 Å². The van der Waals surface area contributed by atoms with Crippen LogP contribution in [-0.2, 0) is 23.0 Å². The van der Waals surface area contributed by atoms with Crippen molar-refractivity contribution in [1.29, 1.82) is 0 Å². The van der Waals surface area contributed by atoms with Crippen LogP contribution in [-0.4, -0.2) is 63.1 Å². The van der Waals surface area contributed by atoms with E-state index < -0.39 is 38.4 Å². The lowest BCUT2D eigenvalue weighted by Gasteiger charge is -2.25. The summed E-state index contributed by atoms with van der Waals surface area (Å²) in [7, 11) is 1.79. The van der Waals surface area contributed by atoms with Crippen LogP contribution >= 0.6 is 0 Å². The molecule has 4 heterocycles. The SMILES string of the molecule is [2H]C1([2H])OC([2H])([2H])C([2H])([2H])N(CC(=O)Cc2cc3cc(-c4cnn(C)c4)ncc3cn2)C1([2H])[2H]. The summed E-state index contributed by atoms with van der Waals surface area (Å²) >= 11 is 0. The molecule has 0 N–H and O–H groups in total. The Hall–Kier alpha value is -2.64. The van der Waals surface area contributed by atoms with E-state index in [-0.39, 0.29) is 11.3 Å². The molecule has 0 atom stereocenters. The lowest BCUT2D eigenvalue weighted by Crippen LogP contribution is -2.39. The van der Waals surface area contributed by atoms with Gasteiger partial charge in [0.2, 0.25) is 0 Å². The quantitative estimate of drug-likeness (QED) is 0.687. The number of hydrogen-bond donors (Lipinski definition) is 0. The second kappa shape index (κ2) is 7.31. The maximum atomic E-state index is 12.8. The van der Waals surface area contributed by atoms with Crippen molar-refractivity contribution in [1.82, 2.24) is 24.6 Å². The minimum atomic E-state index is -3.20. The van der Waals surface area contributed by atoms with Gasteiger partial charge in [-0.3, -0.25) is 24.3 Å². The summed E-state index contributed by atoms with van der Waals surface area (Å²) in [5.41, 5.74) is 1.81. The first-order valence-corrected chi connectivity index (χ1v) is 7.87. The number of Topliss-reactive ketones (excluding diaryl/α,β-unsaturated/α-hetero) is 1. The Kier molecular flexibility index (Phi) is 2.78. The summed E-state index contributed by atoms with van der Waals surface area (Å²) in [5.74, 6) is -0.672. The van der Waals surface area contributed by atoms with Gasteiger partial charge in [-0.1, -0.05) is 0 Å². The summed E-state index contributed by atoms with van der Waals surface area (Å²) in [5, 5.41) is 5.60. The molecule has 0 aromatic carbocycles. The molecule has 0 saturated carbocycles. The molecule has 0 aliphatic carbocycles. The molecule has 0 radical (unpaired) electrons. The van der Waals surface area contributed by atoms with Gasteiger partial charge in [-0.2, -0.15) is 5.10 Å². The maximum Gasteiger partial charge on any atom is 0.152 e. The highest BCUT2D eigenvalue weighted by Gasteiger charge is 2.15. The zero-order valence-electron chi connectivity index (χ0n) is 21.9. The maximum absolute atomic E-state index is 12.8. The van der Waals surface area contributed by atoms with Crippen molar-refractivity contribution < 1.29 is 20.5 Å². The van der Waals surface area contributed by atoms with Crippen molar-refractivity contribution in [3.63, 3.8) is 0 Å². The highest BCUT2D eigenvalue weighted by molar-refractivity contribution is 5.87. The van der Waals surface area contributed by atoms with E-state index in [1.165, 1.54) is 6.20 Å². The van der Waals surface area contributed by atoms with Gasteiger partial charge >= 0.3 is 0 Å². The first-order chi connectivity index (χ1) is 15.6. The number of aromatic nitrogens is 4. The van der Waals surface area contributed by atoms with Crippen molar-refractivity contribution in [2.24, 2.45) is 7.05 Å². The van der Waals surface area contributed by atoms with Gasteiger partial charge in [-0.15, -0.1) is 0 Å². The Labute approximate surface area is 162 Å². The van der Waals surface area contributed by atoms with Crippen LogP contribution in [0.5, 0.6) is 0 Å². The normalized spacial score (nSPS) is 27.7. The second-order valence-corrected chi connectivity index (χ2v) is 5.83. The number of aryl methyl sites for hydroxylation is 1. The van der Waals surface area contributed by atoms with Crippen molar-refractivity contribution in [2.75, 3.05) is 32.7 Å². The lowest BCUT2D eigenvalue weighted by molar-refractivity contribution is -0.120. The van der Waals surface area contributed by atoms with E-state index in [0.717, 1.165) is 16.3 Å². The lowest BCUT2D eigenvalue weighted by atomic mass is 10.1. The highest BCUT2D eigenvalue weighted by Crippen LogP contribution is 2.21. The van der Waals surface area contributed by atoms with Crippen molar-refractivity contribution >= 4 is 16.6 Å². The average molecular weight is 359 g/mol. The van der Waals surface area contributed by atoms with Crippen molar-refractivity contribution in [3.8, 4) is 11.3 Å². The third-order valence-electron chi connectivity index (χ3n) is 3.84. The minimum absolute atomic E-state index is 0.233. The Morgan fingerprint density at radius 2 is 2.00 bits per heavy atom. The summed E-state index contributed by atoms with van der Waals surface area (Å²) in [4.78, 5) is 21.6. The molecule has 4 rings (SSSR count). The first kappa shape index (κ1) is 9.89. The number of carbonyl (C=O) groups is 1. The summed E-state index contributed by atoms with van der Waals surface area (Å²) in [6, 6.07) is 3.47. The van der Waals surface area contributed by atoms with Gasteiger partial charge in [-0.25, -0.2) is 0 Å². The minimum Gasteiger partial charge on any atom is -0.379 e. The number of hydrogen-bond acceptors (Lipinski definition) is 6. The molecule has 134 valence electrons. The van der Waals surface area contributed by atoms with Crippen LogP contribution < -0.4 is 0 Å².